The van der Waals surface area contributed by atoms with Crippen molar-refractivity contribution in [2.24, 2.45) is 5.73 Å². The molecule has 2 rings (SSSR count). The molecule has 1 saturated heterocycles. The van der Waals surface area contributed by atoms with E-state index in [1.165, 1.54) is 12.1 Å². The maximum absolute atomic E-state index is 11.8. The molecule has 0 aromatic heterocycles. The predicted molar refractivity (Wildman–Crippen MR) is 88.4 cm³/mol. The Kier molecular flexibility index (Phi) is 5.86. The summed E-state index contributed by atoms with van der Waals surface area (Å²) in [6.07, 6.45) is 1.32. The number of benzene rings is 1. The van der Waals surface area contributed by atoms with E-state index in [0.717, 1.165) is 13.0 Å². The van der Waals surface area contributed by atoms with Gasteiger partial charge in [0.15, 0.2) is 0 Å². The number of primary amides is 1. The van der Waals surface area contributed by atoms with Crippen LogP contribution in [0.4, 0.5) is 5.69 Å². The largest absolute Gasteiger partial charge is 0.366 e. The van der Waals surface area contributed by atoms with Crippen LogP contribution >= 0.6 is 0 Å². The van der Waals surface area contributed by atoms with Gasteiger partial charge in [-0.15, -0.1) is 0 Å². The Morgan fingerprint density at radius 2 is 2.00 bits per heavy atom. The second kappa shape index (κ2) is 7.87. The summed E-state index contributed by atoms with van der Waals surface area (Å²) in [5.41, 5.74) is 5.75. The number of nitro benzene ring substituents is 1. The highest BCUT2D eigenvalue weighted by atomic mass is 16.6. The van der Waals surface area contributed by atoms with E-state index >= 15 is 0 Å². The molecule has 1 aliphatic rings. The quantitative estimate of drug-likeness (QED) is 0.641. The van der Waals surface area contributed by atoms with Gasteiger partial charge in [-0.25, -0.2) is 0 Å². The van der Waals surface area contributed by atoms with Gasteiger partial charge in [-0.2, -0.15) is 0 Å². The van der Waals surface area contributed by atoms with Crippen LogP contribution in [-0.4, -0.2) is 52.7 Å². The number of nitrogens with zero attached hydrogens (tertiary/aromatic N) is 3. The van der Waals surface area contributed by atoms with Crippen molar-refractivity contribution in [3.05, 3.63) is 39.4 Å². The van der Waals surface area contributed by atoms with Crippen molar-refractivity contribution >= 4 is 17.5 Å². The Labute approximate surface area is 140 Å². The van der Waals surface area contributed by atoms with Crippen molar-refractivity contribution in [2.45, 2.75) is 26.3 Å². The van der Waals surface area contributed by atoms with Crippen molar-refractivity contribution < 1.29 is 14.5 Å². The van der Waals surface area contributed by atoms with Crippen molar-refractivity contribution in [3.63, 3.8) is 0 Å². The molecule has 130 valence electrons. The van der Waals surface area contributed by atoms with Crippen LogP contribution < -0.4 is 5.73 Å². The summed E-state index contributed by atoms with van der Waals surface area (Å²) in [6, 6.07) is 4.32. The summed E-state index contributed by atoms with van der Waals surface area (Å²) in [6.45, 7) is 5.02. The molecular weight excluding hydrogens is 312 g/mol. The summed E-state index contributed by atoms with van der Waals surface area (Å²) in [5, 5.41) is 11.3. The first-order valence-corrected chi connectivity index (χ1v) is 7.99. The van der Waals surface area contributed by atoms with E-state index < -0.39 is 10.8 Å². The standard InChI is InChI=1S/C16H22N4O4/c1-2-15(21)19-7-3-6-18(8-9-19)11-13-5-4-12(16(17)22)10-14(13)20(23)24/h4-5,10H,2-3,6-9,11H2,1H3,(H2,17,22). The zero-order valence-corrected chi connectivity index (χ0v) is 13.7. The minimum Gasteiger partial charge on any atom is -0.366 e. The Morgan fingerprint density at radius 3 is 2.62 bits per heavy atom. The van der Waals surface area contributed by atoms with E-state index in [0.29, 0.717) is 38.2 Å². The fourth-order valence-corrected chi connectivity index (χ4v) is 2.86. The number of hydrogen-bond donors (Lipinski definition) is 1. The SMILES string of the molecule is CCC(=O)N1CCCN(Cc2ccc(C(N)=O)cc2[N+](=O)[O-])CC1. The van der Waals surface area contributed by atoms with Gasteiger partial charge in [0.05, 0.1) is 4.92 Å². The van der Waals surface area contributed by atoms with Crippen LogP contribution in [0, 0.1) is 10.1 Å². The zero-order chi connectivity index (χ0) is 17.7. The first-order chi connectivity index (χ1) is 11.4. The second-order valence-corrected chi connectivity index (χ2v) is 5.83. The van der Waals surface area contributed by atoms with Crippen LogP contribution in [0.2, 0.25) is 0 Å². The van der Waals surface area contributed by atoms with Gasteiger partial charge in [0.2, 0.25) is 11.8 Å². The third-order valence-corrected chi connectivity index (χ3v) is 4.20. The number of rotatable bonds is 5. The zero-order valence-electron chi connectivity index (χ0n) is 13.7. The van der Waals surface area contributed by atoms with Gasteiger partial charge in [0.25, 0.3) is 5.69 Å². The number of carbonyl (C=O) groups excluding carboxylic acids is 2. The molecule has 0 atom stereocenters. The van der Waals surface area contributed by atoms with Gasteiger partial charge in [-0.3, -0.25) is 24.6 Å². The third kappa shape index (κ3) is 4.29. The van der Waals surface area contributed by atoms with Crippen LogP contribution in [0.15, 0.2) is 18.2 Å². The Hall–Kier alpha value is -2.48. The topological polar surface area (TPSA) is 110 Å². The van der Waals surface area contributed by atoms with Crippen molar-refractivity contribution in [3.8, 4) is 0 Å². The maximum Gasteiger partial charge on any atom is 0.274 e. The van der Waals surface area contributed by atoms with Crippen molar-refractivity contribution in [1.82, 2.24) is 9.80 Å². The molecule has 8 heteroatoms. The number of amides is 2. The number of carbonyl (C=O) groups is 2. The molecule has 2 amide bonds. The maximum atomic E-state index is 11.8. The van der Waals surface area contributed by atoms with Crippen LogP contribution in [0.25, 0.3) is 0 Å². The number of hydrogen-bond acceptors (Lipinski definition) is 5. The van der Waals surface area contributed by atoms with Gasteiger partial charge in [-0.1, -0.05) is 13.0 Å². The number of nitro groups is 1. The molecular formula is C16H22N4O4. The molecule has 2 N–H and O–H groups in total. The molecule has 0 saturated carbocycles. The highest BCUT2D eigenvalue weighted by Crippen LogP contribution is 2.22. The average Bonchev–Trinajstić information content (AvgIpc) is 2.79. The molecule has 1 aliphatic heterocycles. The normalized spacial score (nSPS) is 15.8. The van der Waals surface area contributed by atoms with Gasteiger partial charge < -0.3 is 10.6 Å². The van der Waals surface area contributed by atoms with Crippen LogP contribution in [0.1, 0.15) is 35.7 Å². The Balaban J connectivity index is 2.11. The van der Waals surface area contributed by atoms with E-state index in [2.05, 4.69) is 4.90 Å². The lowest BCUT2D eigenvalue weighted by Crippen LogP contribution is -2.34. The Bertz CT molecular complexity index is 647. The molecule has 1 heterocycles. The van der Waals surface area contributed by atoms with Crippen LogP contribution in [-0.2, 0) is 11.3 Å². The fourth-order valence-electron chi connectivity index (χ4n) is 2.86. The summed E-state index contributed by atoms with van der Waals surface area (Å²) in [4.78, 5) is 37.7. The van der Waals surface area contributed by atoms with Crippen molar-refractivity contribution in [2.75, 3.05) is 26.2 Å². The van der Waals surface area contributed by atoms with Gasteiger partial charge in [-0.05, 0) is 12.5 Å². The molecule has 0 radical (unpaired) electrons. The lowest BCUT2D eigenvalue weighted by atomic mass is 10.1. The summed E-state index contributed by atoms with van der Waals surface area (Å²) in [7, 11) is 0. The monoisotopic (exact) mass is 334 g/mol. The molecule has 0 unspecified atom stereocenters. The molecule has 1 aromatic carbocycles. The van der Waals surface area contributed by atoms with E-state index in [1.807, 2.05) is 11.8 Å². The summed E-state index contributed by atoms with van der Waals surface area (Å²) in [5.74, 6) is -0.554. The van der Waals surface area contributed by atoms with E-state index in [9.17, 15) is 19.7 Å². The molecule has 24 heavy (non-hydrogen) atoms. The number of nitrogens with two attached hydrogens (primary N) is 1. The van der Waals surface area contributed by atoms with Gasteiger partial charge >= 0.3 is 0 Å². The minimum atomic E-state index is -0.687. The van der Waals surface area contributed by atoms with E-state index in [-0.39, 0.29) is 17.2 Å². The second-order valence-electron chi connectivity index (χ2n) is 5.83. The predicted octanol–water partition coefficient (Wildman–Crippen LogP) is 1.14. The molecule has 1 fully saturated rings. The van der Waals surface area contributed by atoms with Crippen LogP contribution in [0.5, 0.6) is 0 Å². The van der Waals surface area contributed by atoms with Gasteiger partial charge in [0, 0.05) is 56.3 Å². The molecule has 0 aliphatic carbocycles. The first kappa shape index (κ1) is 17.9. The van der Waals surface area contributed by atoms with Crippen molar-refractivity contribution in [1.29, 1.82) is 0 Å². The summed E-state index contributed by atoms with van der Waals surface area (Å²) < 4.78 is 0. The minimum absolute atomic E-state index is 0.1000. The fraction of sp³-hybridized carbons (Fsp3) is 0.500. The van der Waals surface area contributed by atoms with E-state index in [4.69, 9.17) is 5.73 Å². The molecule has 1 aromatic rings. The lowest BCUT2D eigenvalue weighted by molar-refractivity contribution is -0.385. The Morgan fingerprint density at radius 1 is 1.25 bits per heavy atom. The van der Waals surface area contributed by atoms with Gasteiger partial charge in [0.1, 0.15) is 0 Å². The first-order valence-electron chi connectivity index (χ1n) is 7.99. The molecule has 0 bridgehead atoms. The smallest absolute Gasteiger partial charge is 0.274 e. The molecule has 8 nitrogen and oxygen atoms in total. The summed E-state index contributed by atoms with van der Waals surface area (Å²) >= 11 is 0. The highest BCUT2D eigenvalue weighted by molar-refractivity contribution is 5.93. The van der Waals surface area contributed by atoms with E-state index in [1.54, 1.807) is 6.07 Å². The molecule has 0 spiro atoms. The highest BCUT2D eigenvalue weighted by Gasteiger charge is 2.22. The lowest BCUT2D eigenvalue weighted by Gasteiger charge is -2.21. The average molecular weight is 334 g/mol. The third-order valence-electron chi connectivity index (χ3n) is 4.20. The van der Waals surface area contributed by atoms with Crippen LogP contribution in [0.3, 0.4) is 0 Å².